The minimum Gasteiger partial charge on any atom is -0.350 e. The maximum Gasteiger partial charge on any atom is 0.248 e. The quantitative estimate of drug-likeness (QED) is 0.754. The van der Waals surface area contributed by atoms with E-state index in [1.54, 1.807) is 0 Å². The second kappa shape index (κ2) is 8.22. The molecule has 5 atom stereocenters. The number of benzene rings is 1. The molecule has 3 aliphatic heterocycles. The Balaban J connectivity index is 1.62. The maximum atomic E-state index is 13.7. The summed E-state index contributed by atoms with van der Waals surface area (Å²) >= 11 is 0. The van der Waals surface area contributed by atoms with Crippen molar-refractivity contribution in [2.24, 2.45) is 34.6 Å². The van der Waals surface area contributed by atoms with E-state index in [0.717, 1.165) is 24.9 Å². The fraction of sp³-hybridized carbons (Fsp3) is 0.680. The summed E-state index contributed by atoms with van der Waals surface area (Å²) < 4.78 is 0. The molecule has 1 aromatic rings. The summed E-state index contributed by atoms with van der Waals surface area (Å²) in [6, 6.07) is 10.7. The van der Waals surface area contributed by atoms with Crippen LogP contribution in [0, 0.1) is 29.6 Å². The summed E-state index contributed by atoms with van der Waals surface area (Å²) in [5.41, 5.74) is 0.562. The Morgan fingerprint density at radius 1 is 1.21 bits per heavy atom. The Hall–Kier alpha value is -1.68. The number of carbonyl (C=O) groups is 1. The Morgan fingerprint density at radius 3 is 2.66 bits per heavy atom. The van der Waals surface area contributed by atoms with Crippen LogP contribution in [0.2, 0.25) is 0 Å². The molecule has 0 radical (unpaired) electrons. The van der Waals surface area contributed by atoms with Crippen LogP contribution in [0.5, 0.6) is 0 Å². The van der Waals surface area contributed by atoms with Crippen molar-refractivity contribution < 1.29 is 4.79 Å². The zero-order valence-electron chi connectivity index (χ0n) is 18.5. The topological polar surface area (TPSA) is 44.7 Å². The molecule has 158 valence electrons. The minimum absolute atomic E-state index is 0.141. The van der Waals surface area contributed by atoms with Gasteiger partial charge in [-0.2, -0.15) is 0 Å². The summed E-state index contributed by atoms with van der Waals surface area (Å²) in [7, 11) is 0. The van der Waals surface area contributed by atoms with Crippen LogP contribution in [0.4, 0.5) is 0 Å². The lowest BCUT2D eigenvalue weighted by atomic mass is 9.54. The molecule has 0 spiro atoms. The lowest BCUT2D eigenvalue weighted by Crippen LogP contribution is -2.70. The highest BCUT2D eigenvalue weighted by atomic mass is 16.2. The van der Waals surface area contributed by atoms with Gasteiger partial charge in [-0.05, 0) is 49.1 Å². The van der Waals surface area contributed by atoms with Crippen molar-refractivity contribution in [1.82, 2.24) is 10.2 Å². The van der Waals surface area contributed by atoms with Gasteiger partial charge >= 0.3 is 0 Å². The van der Waals surface area contributed by atoms with E-state index in [9.17, 15) is 4.79 Å². The number of nitrogens with zero attached hydrogens (tertiary/aromatic N) is 2. The minimum atomic E-state index is -0.585. The second-order valence-electron chi connectivity index (χ2n) is 10.3. The molecule has 4 bridgehead atoms. The van der Waals surface area contributed by atoms with Crippen molar-refractivity contribution in [2.45, 2.75) is 65.1 Å². The smallest absolute Gasteiger partial charge is 0.248 e. The van der Waals surface area contributed by atoms with Crippen LogP contribution in [0.25, 0.3) is 0 Å². The summed E-state index contributed by atoms with van der Waals surface area (Å²) in [5, 5.41) is 3.26. The predicted octanol–water partition coefficient (Wildman–Crippen LogP) is 4.15. The second-order valence-corrected chi connectivity index (χ2v) is 10.3. The van der Waals surface area contributed by atoms with Gasteiger partial charge in [0.25, 0.3) is 0 Å². The predicted molar refractivity (Wildman–Crippen MR) is 119 cm³/mol. The highest BCUT2D eigenvalue weighted by Gasteiger charge is 2.61. The standard InChI is InChI=1S/C25H37N3O/c1-17(2)12-22-23-21-15-27-25(22,13-20(21)10-11-28(23)16-18(3)4)24(29)26-14-19-8-6-5-7-9-19/h5-9,15,17-18,20-23H,10-14,16H2,1-4H3,(H,26,29)/t20-,21+,22+,23-,25?/m0/s1. The molecule has 1 saturated carbocycles. The molecule has 1 saturated heterocycles. The molecule has 2 fully saturated rings. The molecule has 4 nitrogen and oxygen atoms in total. The average Bonchev–Trinajstić information content (AvgIpc) is 2.70. The first-order chi connectivity index (χ1) is 13.9. The van der Waals surface area contributed by atoms with E-state index >= 15 is 0 Å². The molecule has 5 rings (SSSR count). The van der Waals surface area contributed by atoms with Crippen molar-refractivity contribution in [3.8, 4) is 0 Å². The van der Waals surface area contributed by atoms with Crippen molar-refractivity contribution >= 4 is 12.1 Å². The lowest BCUT2D eigenvalue weighted by molar-refractivity contribution is -0.139. The summed E-state index contributed by atoms with van der Waals surface area (Å²) in [6.07, 6.45) is 5.36. The Morgan fingerprint density at radius 2 is 1.97 bits per heavy atom. The van der Waals surface area contributed by atoms with Crippen molar-refractivity contribution in [1.29, 1.82) is 0 Å². The van der Waals surface area contributed by atoms with Gasteiger partial charge in [-0.1, -0.05) is 58.0 Å². The fourth-order valence-corrected chi connectivity index (χ4v) is 6.14. The largest absolute Gasteiger partial charge is 0.350 e. The molecule has 4 heteroatoms. The maximum absolute atomic E-state index is 13.7. The first-order valence-corrected chi connectivity index (χ1v) is 11.5. The van der Waals surface area contributed by atoms with E-state index in [1.165, 1.54) is 13.0 Å². The first kappa shape index (κ1) is 20.6. The van der Waals surface area contributed by atoms with Crippen molar-refractivity contribution in [3.05, 3.63) is 35.9 Å². The molecule has 0 aromatic heterocycles. The number of piperidine rings is 1. The number of aliphatic imine (C=N–C) groups is 1. The number of hydrogen-bond donors (Lipinski definition) is 1. The van der Waals surface area contributed by atoms with Crippen molar-refractivity contribution in [3.63, 3.8) is 0 Å². The Labute approximate surface area is 176 Å². The van der Waals surface area contributed by atoms with E-state index in [4.69, 9.17) is 4.99 Å². The van der Waals surface area contributed by atoms with E-state index in [2.05, 4.69) is 56.3 Å². The van der Waals surface area contributed by atoms with E-state index in [0.29, 0.717) is 42.2 Å². The molecule has 1 amide bonds. The molecule has 1 N–H and O–H groups in total. The SMILES string of the molecule is CC(C)C[C@@H]1[C@@H]2[C@@H]3C=NC1(C(=O)NCc1ccccc1)C[C@@H]3CCN2CC(C)C. The van der Waals surface area contributed by atoms with Gasteiger partial charge in [0.15, 0.2) is 0 Å². The molecule has 29 heavy (non-hydrogen) atoms. The highest BCUT2D eigenvalue weighted by molar-refractivity contribution is 5.91. The fourth-order valence-electron chi connectivity index (χ4n) is 6.14. The number of rotatable bonds is 7. The van der Waals surface area contributed by atoms with Crippen LogP contribution in [0.1, 0.15) is 52.5 Å². The van der Waals surface area contributed by atoms with Crippen molar-refractivity contribution in [2.75, 3.05) is 13.1 Å². The zero-order valence-corrected chi connectivity index (χ0v) is 18.5. The van der Waals surface area contributed by atoms with Crippen LogP contribution in [-0.2, 0) is 11.3 Å². The van der Waals surface area contributed by atoms with Crippen LogP contribution >= 0.6 is 0 Å². The van der Waals surface area contributed by atoms with Crippen LogP contribution in [0.15, 0.2) is 35.3 Å². The molecular weight excluding hydrogens is 358 g/mol. The number of carbonyl (C=O) groups excluding carboxylic acids is 1. The molecule has 4 aliphatic rings. The summed E-state index contributed by atoms with van der Waals surface area (Å²) in [4.78, 5) is 21.4. The Bertz CT molecular complexity index is 744. The third-order valence-electron chi connectivity index (χ3n) is 7.24. The van der Waals surface area contributed by atoms with Gasteiger partial charge in [0.05, 0.1) is 0 Å². The number of likely N-dealkylation sites (tertiary alicyclic amines) is 1. The lowest BCUT2D eigenvalue weighted by Gasteiger charge is -2.60. The molecule has 1 aromatic carbocycles. The van der Waals surface area contributed by atoms with Gasteiger partial charge < -0.3 is 5.32 Å². The summed E-state index contributed by atoms with van der Waals surface area (Å²) in [5.74, 6) is 2.79. The monoisotopic (exact) mass is 395 g/mol. The number of hydrogen-bond acceptors (Lipinski definition) is 3. The molecule has 1 aliphatic carbocycles. The average molecular weight is 396 g/mol. The van der Waals surface area contributed by atoms with Gasteiger partial charge in [0.2, 0.25) is 5.91 Å². The zero-order chi connectivity index (χ0) is 20.6. The highest BCUT2D eigenvalue weighted by Crippen LogP contribution is 2.53. The van der Waals surface area contributed by atoms with Gasteiger partial charge in [-0.25, -0.2) is 0 Å². The van der Waals surface area contributed by atoms with E-state index < -0.39 is 5.54 Å². The van der Waals surface area contributed by atoms with Crippen LogP contribution in [0.3, 0.4) is 0 Å². The van der Waals surface area contributed by atoms with Crippen LogP contribution < -0.4 is 5.32 Å². The first-order valence-electron chi connectivity index (χ1n) is 11.5. The normalized spacial score (nSPS) is 33.4. The third-order valence-corrected chi connectivity index (χ3v) is 7.24. The molecule has 1 unspecified atom stereocenters. The van der Waals surface area contributed by atoms with Gasteiger partial charge in [0.1, 0.15) is 5.54 Å². The number of amides is 1. The Kier molecular flexibility index (Phi) is 5.83. The molecular formula is C25H37N3O. The third kappa shape index (κ3) is 3.88. The summed E-state index contributed by atoms with van der Waals surface area (Å²) in [6.45, 7) is 12.1. The van der Waals surface area contributed by atoms with Gasteiger partial charge in [-0.3, -0.25) is 14.7 Å². The van der Waals surface area contributed by atoms with Gasteiger partial charge in [-0.15, -0.1) is 0 Å². The number of nitrogens with one attached hydrogen (secondary N) is 1. The van der Waals surface area contributed by atoms with E-state index in [1.807, 2.05) is 18.2 Å². The van der Waals surface area contributed by atoms with Gasteiger partial charge in [0, 0.05) is 37.2 Å². The van der Waals surface area contributed by atoms with E-state index in [-0.39, 0.29) is 5.91 Å². The molecule has 3 heterocycles. The van der Waals surface area contributed by atoms with Crippen LogP contribution in [-0.4, -0.2) is 41.7 Å².